The molecule has 0 spiro atoms. The summed E-state index contributed by atoms with van der Waals surface area (Å²) in [4.78, 5) is 15.4. The van der Waals surface area contributed by atoms with Crippen molar-refractivity contribution < 1.29 is 12.8 Å². The van der Waals surface area contributed by atoms with Gasteiger partial charge in [-0.05, 0) is 72.3 Å². The van der Waals surface area contributed by atoms with Gasteiger partial charge in [0.1, 0.15) is 5.82 Å². The van der Waals surface area contributed by atoms with Crippen LogP contribution in [0.15, 0.2) is 205 Å². The first-order chi connectivity index (χ1) is 31.8. The summed E-state index contributed by atoms with van der Waals surface area (Å²) in [6, 6.07) is 63.4. The van der Waals surface area contributed by atoms with Gasteiger partial charge in [0.15, 0.2) is 17.5 Å². The molecule has 3 heterocycles. The van der Waals surface area contributed by atoms with Crippen molar-refractivity contribution >= 4 is 64.4 Å². The Labute approximate surface area is 373 Å². The summed E-state index contributed by atoms with van der Waals surface area (Å²) in [5.74, 6) is 1.02. The normalized spacial score (nSPS) is 12.0. The summed E-state index contributed by atoms with van der Waals surface area (Å²) in [7, 11) is -4.24. The van der Waals surface area contributed by atoms with Crippen molar-refractivity contribution in [2.45, 2.75) is 11.8 Å². The van der Waals surface area contributed by atoms with Crippen molar-refractivity contribution in [3.05, 3.63) is 212 Å². The molecule has 7 nitrogen and oxygen atoms in total. The molecule has 0 bridgehead atoms. The quantitative estimate of drug-likeness (QED) is 0.159. The Bertz CT molecular complexity index is 3920. The van der Waals surface area contributed by atoms with E-state index >= 15 is 12.8 Å². The summed E-state index contributed by atoms with van der Waals surface area (Å²) in [5, 5.41) is 4.93. The second-order valence-corrected chi connectivity index (χ2v) is 18.0. The first-order valence-corrected chi connectivity index (χ1v) is 22.7. The molecule has 0 amide bonds. The lowest BCUT2D eigenvalue weighted by Gasteiger charge is -2.19. The SMILES string of the molecule is Cc1ccc(S(=O)(=O)n2c3ccccc3c3cc(-c4nc(-c5ccccc5)nc(-c5ccccc5)n4)cc(-c4cc5ccccc5cc4-n4c5ccccc5c5cccc(F)c54)c32)cc1. The second kappa shape index (κ2) is 14.9. The smallest absolute Gasteiger partial charge is 0.268 e. The number of fused-ring (bicyclic) bond motifs is 7. The topological polar surface area (TPSA) is 82.7 Å². The van der Waals surface area contributed by atoms with Crippen molar-refractivity contribution in [3.8, 4) is 51.0 Å². The maximum atomic E-state index is 16.6. The fourth-order valence-corrected chi connectivity index (χ4v) is 10.8. The molecule has 0 N–H and O–H groups in total. The maximum absolute atomic E-state index is 16.6. The number of nitrogens with zero attached hydrogens (tertiary/aromatic N) is 5. The molecule has 3 aromatic heterocycles. The van der Waals surface area contributed by atoms with E-state index in [1.54, 1.807) is 18.2 Å². The minimum Gasteiger partial charge on any atom is -0.306 e. The van der Waals surface area contributed by atoms with Crippen LogP contribution in [0.2, 0.25) is 0 Å². The van der Waals surface area contributed by atoms with E-state index < -0.39 is 10.0 Å². The molecule has 0 fully saturated rings. The summed E-state index contributed by atoms with van der Waals surface area (Å²) >= 11 is 0. The lowest BCUT2D eigenvalue weighted by molar-refractivity contribution is 0.590. The lowest BCUT2D eigenvalue weighted by Crippen LogP contribution is -2.13. The Morgan fingerprint density at radius 2 is 0.985 bits per heavy atom. The van der Waals surface area contributed by atoms with E-state index in [4.69, 9.17) is 15.0 Å². The highest BCUT2D eigenvalue weighted by Crippen LogP contribution is 2.46. The number of halogens is 1. The molecule has 0 unspecified atom stereocenters. The number of benzene rings is 9. The Balaban J connectivity index is 1.26. The van der Waals surface area contributed by atoms with Crippen molar-refractivity contribution in [3.63, 3.8) is 0 Å². The summed E-state index contributed by atoms with van der Waals surface area (Å²) < 4.78 is 50.8. The molecular formula is C56H36FN5O2S. The van der Waals surface area contributed by atoms with E-state index in [0.29, 0.717) is 61.8 Å². The zero-order chi connectivity index (χ0) is 43.8. The molecule has 0 saturated heterocycles. The Morgan fingerprint density at radius 1 is 0.446 bits per heavy atom. The number of rotatable bonds is 7. The zero-order valence-corrected chi connectivity index (χ0v) is 35.7. The van der Waals surface area contributed by atoms with Crippen LogP contribution in [0, 0.1) is 12.7 Å². The first kappa shape index (κ1) is 38.4. The first-order valence-electron chi connectivity index (χ1n) is 21.3. The van der Waals surface area contributed by atoms with Crippen LogP contribution in [0.5, 0.6) is 0 Å². The highest BCUT2D eigenvalue weighted by molar-refractivity contribution is 7.90. The van der Waals surface area contributed by atoms with E-state index in [1.165, 1.54) is 10.0 Å². The predicted molar refractivity (Wildman–Crippen MR) is 260 cm³/mol. The molecule has 9 heteroatoms. The van der Waals surface area contributed by atoms with E-state index in [1.807, 2.05) is 175 Å². The second-order valence-electron chi connectivity index (χ2n) is 16.3. The van der Waals surface area contributed by atoms with E-state index in [2.05, 4.69) is 12.1 Å². The fraction of sp³-hybridized carbons (Fsp3) is 0.0179. The van der Waals surface area contributed by atoms with Gasteiger partial charge in [-0.2, -0.15) is 0 Å². The third-order valence-corrected chi connectivity index (χ3v) is 14.0. The molecule has 0 saturated carbocycles. The van der Waals surface area contributed by atoms with Crippen molar-refractivity contribution in [1.82, 2.24) is 23.5 Å². The predicted octanol–water partition coefficient (Wildman–Crippen LogP) is 13.6. The minimum absolute atomic E-state index is 0.154. The van der Waals surface area contributed by atoms with Gasteiger partial charge < -0.3 is 4.57 Å². The molecule has 0 radical (unpaired) electrons. The van der Waals surface area contributed by atoms with Crippen LogP contribution in [0.4, 0.5) is 4.39 Å². The standard InChI is InChI=1S/C56H36FN5O2S/c1-35-27-29-41(30-28-35)65(63,64)62-50-26-13-11-22-43(50)46-32-40(56-59-54(36-15-4-2-5-16-36)58-55(60-56)37-17-6-3-7-18-37)33-47(52(46)62)45-31-38-19-8-9-20-39(38)34-51(45)61-49-25-12-10-21-42(49)44-23-14-24-48(57)53(44)61/h2-34H,1H3. The molecule has 9 aromatic carbocycles. The number of hydrogen-bond acceptors (Lipinski definition) is 5. The summed E-state index contributed by atoms with van der Waals surface area (Å²) in [5.41, 5.74) is 7.39. The number of hydrogen-bond donors (Lipinski definition) is 0. The average Bonchev–Trinajstić information content (AvgIpc) is 3.88. The summed E-state index contributed by atoms with van der Waals surface area (Å²) in [6.07, 6.45) is 0. The molecular weight excluding hydrogens is 826 g/mol. The molecule has 0 aliphatic heterocycles. The van der Waals surface area contributed by atoms with Crippen LogP contribution < -0.4 is 0 Å². The third kappa shape index (κ3) is 6.23. The Kier molecular flexibility index (Phi) is 8.82. The van der Waals surface area contributed by atoms with Gasteiger partial charge in [-0.3, -0.25) is 0 Å². The van der Waals surface area contributed by atoms with Crippen LogP contribution in [0.1, 0.15) is 5.56 Å². The van der Waals surface area contributed by atoms with E-state index in [-0.39, 0.29) is 10.7 Å². The molecule has 12 aromatic rings. The van der Waals surface area contributed by atoms with Gasteiger partial charge in [0.2, 0.25) is 0 Å². The van der Waals surface area contributed by atoms with Gasteiger partial charge in [0.05, 0.1) is 32.6 Å². The molecule has 0 aliphatic rings. The molecule has 310 valence electrons. The van der Waals surface area contributed by atoms with Crippen LogP contribution in [0.3, 0.4) is 0 Å². The van der Waals surface area contributed by atoms with Crippen LogP contribution in [0.25, 0.3) is 105 Å². The van der Waals surface area contributed by atoms with Crippen molar-refractivity contribution in [2.24, 2.45) is 0 Å². The van der Waals surface area contributed by atoms with Crippen LogP contribution >= 0.6 is 0 Å². The van der Waals surface area contributed by atoms with E-state index in [9.17, 15) is 0 Å². The molecule has 0 aliphatic carbocycles. The monoisotopic (exact) mass is 861 g/mol. The third-order valence-electron chi connectivity index (χ3n) is 12.3. The summed E-state index contributed by atoms with van der Waals surface area (Å²) in [6.45, 7) is 1.93. The lowest BCUT2D eigenvalue weighted by atomic mass is 9.94. The molecule has 65 heavy (non-hydrogen) atoms. The Hall–Kier alpha value is -8.27. The highest BCUT2D eigenvalue weighted by Gasteiger charge is 2.29. The van der Waals surface area contributed by atoms with Gasteiger partial charge in [0.25, 0.3) is 10.0 Å². The number of para-hydroxylation sites is 3. The van der Waals surface area contributed by atoms with Gasteiger partial charge in [0, 0.05) is 49.4 Å². The minimum atomic E-state index is -4.24. The van der Waals surface area contributed by atoms with Crippen LogP contribution in [-0.4, -0.2) is 31.9 Å². The average molecular weight is 862 g/mol. The van der Waals surface area contributed by atoms with E-state index in [0.717, 1.165) is 49.1 Å². The molecule has 12 rings (SSSR count). The fourth-order valence-electron chi connectivity index (χ4n) is 9.25. The van der Waals surface area contributed by atoms with Gasteiger partial charge in [-0.1, -0.05) is 151 Å². The van der Waals surface area contributed by atoms with Gasteiger partial charge in [-0.15, -0.1) is 0 Å². The van der Waals surface area contributed by atoms with Crippen molar-refractivity contribution in [1.29, 1.82) is 0 Å². The van der Waals surface area contributed by atoms with Crippen molar-refractivity contribution in [2.75, 3.05) is 0 Å². The van der Waals surface area contributed by atoms with Gasteiger partial charge in [-0.25, -0.2) is 31.7 Å². The number of aryl methyl sites for hydroxylation is 1. The number of aromatic nitrogens is 5. The zero-order valence-electron chi connectivity index (χ0n) is 34.9. The van der Waals surface area contributed by atoms with Crippen LogP contribution in [-0.2, 0) is 10.0 Å². The van der Waals surface area contributed by atoms with Gasteiger partial charge >= 0.3 is 0 Å². The molecule has 0 atom stereocenters. The maximum Gasteiger partial charge on any atom is 0.268 e. The largest absolute Gasteiger partial charge is 0.306 e. The Morgan fingerprint density at radius 3 is 1.65 bits per heavy atom. The highest BCUT2D eigenvalue weighted by atomic mass is 32.2.